The molecular weight excluding hydrogens is 320 g/mol. The lowest BCUT2D eigenvalue weighted by molar-refractivity contribution is -0.141. The van der Waals surface area contributed by atoms with E-state index < -0.39 is 12.0 Å². The highest BCUT2D eigenvalue weighted by Gasteiger charge is 2.24. The normalized spacial score (nSPS) is 13.2. The summed E-state index contributed by atoms with van der Waals surface area (Å²) in [6.07, 6.45) is 0.734. The Morgan fingerprint density at radius 3 is 2.36 bits per heavy atom. The van der Waals surface area contributed by atoms with Crippen LogP contribution in [-0.2, 0) is 9.59 Å². The predicted molar refractivity (Wildman–Crippen MR) is 97.9 cm³/mol. The fourth-order valence-corrected chi connectivity index (χ4v) is 2.54. The van der Waals surface area contributed by atoms with E-state index in [4.69, 9.17) is 4.74 Å². The number of hydrogen-bond donors (Lipinski definition) is 2. The van der Waals surface area contributed by atoms with E-state index in [0.717, 1.165) is 23.3 Å². The monoisotopic (exact) mass is 350 g/mol. The molecule has 0 radical (unpaired) electrons. The van der Waals surface area contributed by atoms with Gasteiger partial charge < -0.3 is 14.7 Å². The van der Waals surface area contributed by atoms with Crippen LogP contribution in [0, 0.1) is 19.8 Å². The lowest BCUT2D eigenvalue weighted by Gasteiger charge is -2.22. The Morgan fingerprint density at radius 1 is 1.24 bits per heavy atom. The van der Waals surface area contributed by atoms with Crippen molar-refractivity contribution in [3.63, 3.8) is 0 Å². The van der Waals surface area contributed by atoms with E-state index in [1.165, 1.54) is 0 Å². The highest BCUT2D eigenvalue weighted by Crippen LogP contribution is 2.16. The number of rotatable bonds is 10. The summed E-state index contributed by atoms with van der Waals surface area (Å²) in [4.78, 5) is 25.0. The van der Waals surface area contributed by atoms with Gasteiger partial charge in [0.25, 0.3) is 0 Å². The Morgan fingerprint density at radius 2 is 1.84 bits per heavy atom. The van der Waals surface area contributed by atoms with Crippen LogP contribution >= 0.6 is 0 Å². The second kappa shape index (κ2) is 10.0. The van der Waals surface area contributed by atoms with Gasteiger partial charge in [-0.05, 0) is 43.0 Å². The summed E-state index contributed by atoms with van der Waals surface area (Å²) < 4.78 is 5.70. The zero-order valence-electron chi connectivity index (χ0n) is 15.8. The molecule has 0 saturated heterocycles. The van der Waals surface area contributed by atoms with Crippen molar-refractivity contribution in [2.24, 2.45) is 5.92 Å². The predicted octanol–water partition coefficient (Wildman–Crippen LogP) is 2.23. The van der Waals surface area contributed by atoms with Gasteiger partial charge in [-0.2, -0.15) is 0 Å². The van der Waals surface area contributed by atoms with Gasteiger partial charge in [0.2, 0.25) is 5.91 Å². The summed E-state index contributed by atoms with van der Waals surface area (Å²) in [6, 6.07) is 5.28. The van der Waals surface area contributed by atoms with Crippen molar-refractivity contribution in [2.75, 3.05) is 26.7 Å². The second-order valence-corrected chi connectivity index (χ2v) is 6.57. The average molecular weight is 350 g/mol. The smallest absolute Gasteiger partial charge is 0.320 e. The molecule has 0 aliphatic heterocycles. The number of ether oxygens (including phenoxy) is 1. The lowest BCUT2D eigenvalue weighted by atomic mass is 9.99. The van der Waals surface area contributed by atoms with E-state index >= 15 is 0 Å². The molecule has 1 aromatic carbocycles. The summed E-state index contributed by atoms with van der Waals surface area (Å²) >= 11 is 0. The minimum atomic E-state index is -0.928. The average Bonchev–Trinajstić information content (AvgIpc) is 2.53. The third kappa shape index (κ3) is 7.13. The molecule has 6 nitrogen and oxygen atoms in total. The lowest BCUT2D eigenvalue weighted by Crippen LogP contribution is -2.47. The maximum Gasteiger partial charge on any atom is 0.320 e. The van der Waals surface area contributed by atoms with Gasteiger partial charge in [-0.25, -0.2) is 0 Å². The minimum absolute atomic E-state index is 0.00135. The van der Waals surface area contributed by atoms with Crippen molar-refractivity contribution in [2.45, 2.75) is 40.2 Å². The molecule has 0 bridgehead atoms. The number of nitrogens with zero attached hydrogens (tertiary/aromatic N) is 1. The number of likely N-dealkylation sites (N-methyl/N-ethyl adjacent to an activating group) is 1. The molecule has 0 aliphatic rings. The number of benzene rings is 1. The van der Waals surface area contributed by atoms with Crippen LogP contribution in [0.15, 0.2) is 18.2 Å². The molecule has 0 unspecified atom stereocenters. The van der Waals surface area contributed by atoms with Crippen LogP contribution in [0.3, 0.4) is 0 Å². The maximum absolute atomic E-state index is 12.1. The molecule has 0 heterocycles. The number of carboxylic acid groups (broad SMARTS) is 1. The van der Waals surface area contributed by atoms with Gasteiger partial charge in [0, 0.05) is 7.05 Å². The van der Waals surface area contributed by atoms with Crippen LogP contribution in [-0.4, -0.2) is 54.7 Å². The van der Waals surface area contributed by atoms with Crippen molar-refractivity contribution >= 4 is 11.9 Å². The van der Waals surface area contributed by atoms with E-state index in [1.54, 1.807) is 11.9 Å². The molecule has 1 rings (SSSR count). The Kier molecular flexibility index (Phi) is 8.41. The highest BCUT2D eigenvalue weighted by atomic mass is 16.5. The maximum atomic E-state index is 12.1. The molecule has 0 fully saturated rings. The van der Waals surface area contributed by atoms with Gasteiger partial charge in [0.15, 0.2) is 0 Å². The first-order chi connectivity index (χ1) is 11.7. The van der Waals surface area contributed by atoms with Crippen LogP contribution < -0.4 is 10.1 Å². The van der Waals surface area contributed by atoms with E-state index in [2.05, 4.69) is 11.4 Å². The molecular formula is C19H30N2O4. The van der Waals surface area contributed by atoms with Crippen LogP contribution in [0.25, 0.3) is 0 Å². The Hall–Kier alpha value is -2.08. The standard InChI is InChI=1S/C19H30N2O4/c1-6-15(4)18(19(23)24)20-12-17(22)21(5)7-8-25-16-10-13(2)9-14(3)11-16/h9-11,15,18,20H,6-8,12H2,1-5H3,(H,23,24)/t15-,18-/m0/s1. The van der Waals surface area contributed by atoms with Crippen LogP contribution in [0.4, 0.5) is 0 Å². The van der Waals surface area contributed by atoms with Gasteiger partial charge >= 0.3 is 5.97 Å². The summed E-state index contributed by atoms with van der Waals surface area (Å²) in [6.45, 7) is 8.64. The first-order valence-corrected chi connectivity index (χ1v) is 8.65. The first kappa shape index (κ1) is 21.0. The van der Waals surface area contributed by atoms with E-state index in [0.29, 0.717) is 13.2 Å². The number of amides is 1. The molecule has 0 saturated carbocycles. The molecule has 2 N–H and O–H groups in total. The molecule has 6 heteroatoms. The topological polar surface area (TPSA) is 78.9 Å². The Bertz CT molecular complexity index is 569. The number of nitrogens with one attached hydrogen (secondary N) is 1. The zero-order valence-corrected chi connectivity index (χ0v) is 15.8. The van der Waals surface area contributed by atoms with E-state index in [-0.39, 0.29) is 18.4 Å². The van der Waals surface area contributed by atoms with Crippen molar-refractivity contribution < 1.29 is 19.4 Å². The van der Waals surface area contributed by atoms with E-state index in [1.807, 2.05) is 39.8 Å². The SMILES string of the molecule is CC[C@H](C)[C@H](NCC(=O)N(C)CCOc1cc(C)cc(C)c1)C(=O)O. The molecule has 1 amide bonds. The highest BCUT2D eigenvalue weighted by molar-refractivity contribution is 5.80. The van der Waals surface area contributed by atoms with Gasteiger partial charge in [-0.1, -0.05) is 26.3 Å². The molecule has 0 spiro atoms. The van der Waals surface area contributed by atoms with Crippen molar-refractivity contribution in [3.05, 3.63) is 29.3 Å². The number of carbonyl (C=O) groups is 2. The zero-order chi connectivity index (χ0) is 19.0. The minimum Gasteiger partial charge on any atom is -0.492 e. The summed E-state index contributed by atoms with van der Waals surface area (Å²) in [5, 5.41) is 12.1. The quantitative estimate of drug-likeness (QED) is 0.676. The molecule has 25 heavy (non-hydrogen) atoms. The molecule has 140 valence electrons. The third-order valence-electron chi connectivity index (χ3n) is 4.27. The number of hydrogen-bond acceptors (Lipinski definition) is 4. The molecule has 1 aromatic rings. The van der Waals surface area contributed by atoms with Gasteiger partial charge in [0.05, 0.1) is 13.1 Å². The Labute approximate surface area is 150 Å². The number of carbonyl (C=O) groups excluding carboxylic acids is 1. The fraction of sp³-hybridized carbons (Fsp3) is 0.579. The van der Waals surface area contributed by atoms with Crippen LogP contribution in [0.5, 0.6) is 5.75 Å². The van der Waals surface area contributed by atoms with Crippen molar-refractivity contribution in [1.82, 2.24) is 10.2 Å². The number of aryl methyl sites for hydroxylation is 2. The largest absolute Gasteiger partial charge is 0.492 e. The van der Waals surface area contributed by atoms with Crippen molar-refractivity contribution in [3.8, 4) is 5.75 Å². The number of carboxylic acids is 1. The summed E-state index contributed by atoms with van der Waals surface area (Å²) in [5.41, 5.74) is 2.27. The summed E-state index contributed by atoms with van der Waals surface area (Å²) in [7, 11) is 1.69. The number of aliphatic carboxylic acids is 1. The van der Waals surface area contributed by atoms with Crippen LogP contribution in [0.2, 0.25) is 0 Å². The molecule has 2 atom stereocenters. The van der Waals surface area contributed by atoms with E-state index in [9.17, 15) is 14.7 Å². The van der Waals surface area contributed by atoms with Gasteiger partial charge in [-0.15, -0.1) is 0 Å². The summed E-state index contributed by atoms with van der Waals surface area (Å²) in [5.74, 6) is -0.329. The molecule has 0 aliphatic carbocycles. The first-order valence-electron chi connectivity index (χ1n) is 8.65. The Balaban J connectivity index is 2.42. The molecule has 0 aromatic heterocycles. The third-order valence-corrected chi connectivity index (χ3v) is 4.27. The van der Waals surface area contributed by atoms with Gasteiger partial charge in [0.1, 0.15) is 18.4 Å². The van der Waals surface area contributed by atoms with Crippen LogP contribution in [0.1, 0.15) is 31.4 Å². The second-order valence-electron chi connectivity index (χ2n) is 6.57. The van der Waals surface area contributed by atoms with Crippen molar-refractivity contribution in [1.29, 1.82) is 0 Å². The fourth-order valence-electron chi connectivity index (χ4n) is 2.54. The van der Waals surface area contributed by atoms with Gasteiger partial charge in [-0.3, -0.25) is 14.9 Å².